The minimum Gasteiger partial charge on any atom is -0.542 e. The average molecular weight is 623 g/mol. The third-order valence-corrected chi connectivity index (χ3v) is 4.31. The monoisotopic (exact) mass is 624 g/mol. The summed E-state index contributed by atoms with van der Waals surface area (Å²) in [6.45, 7) is 6.02. The number of benzene rings is 1. The van der Waals surface area contributed by atoms with Crippen LogP contribution in [0.4, 0.5) is 4.79 Å². The molecule has 0 aliphatic rings. The summed E-state index contributed by atoms with van der Waals surface area (Å²) in [5, 5.41) is 0.895. The molecule has 0 unspecified atom stereocenters. The summed E-state index contributed by atoms with van der Waals surface area (Å²) in [7, 11) is 5.54. The summed E-state index contributed by atoms with van der Waals surface area (Å²) in [5.41, 5.74) is 1.66. The van der Waals surface area contributed by atoms with Crippen molar-refractivity contribution in [3.05, 3.63) is 36.9 Å². The van der Waals surface area contributed by atoms with Crippen LogP contribution in [0.3, 0.4) is 0 Å². The van der Waals surface area contributed by atoms with Crippen LogP contribution in [0, 0.1) is 6.92 Å². The fraction of sp³-hybridized carbons (Fsp3) is 0.478. The van der Waals surface area contributed by atoms with Gasteiger partial charge in [0.25, 0.3) is 0 Å². The zero-order chi connectivity index (χ0) is 23.2. The van der Waals surface area contributed by atoms with Crippen LogP contribution in [-0.4, -0.2) is 62.4 Å². The zero-order valence-corrected chi connectivity index (χ0v) is 21.7. The van der Waals surface area contributed by atoms with E-state index >= 15 is 0 Å². The average Bonchev–Trinajstić information content (AvgIpc) is 3.14. The molecule has 0 saturated carbocycles. The summed E-state index contributed by atoms with van der Waals surface area (Å²) in [6, 6.07) is 5.42. The van der Waals surface area contributed by atoms with Crippen molar-refractivity contribution < 1.29 is 48.4 Å². The predicted molar refractivity (Wildman–Crippen MR) is 119 cm³/mol. The molecule has 0 atom stereocenters. The van der Waals surface area contributed by atoms with Gasteiger partial charge in [-0.2, -0.15) is 6.42 Å². The number of fused-ring (bicyclic) bond motifs is 1. The maximum absolute atomic E-state index is 12.4. The van der Waals surface area contributed by atoms with Gasteiger partial charge in [-0.25, -0.2) is 4.79 Å². The van der Waals surface area contributed by atoms with Crippen LogP contribution in [-0.2, 0) is 45.3 Å². The second kappa shape index (κ2) is 16.4. The Morgan fingerprint density at radius 1 is 1.22 bits per heavy atom. The number of carbonyl (C=O) groups is 2. The van der Waals surface area contributed by atoms with E-state index in [9.17, 15) is 14.4 Å². The van der Waals surface area contributed by atoms with Crippen molar-refractivity contribution in [3.63, 3.8) is 0 Å². The molecule has 1 heterocycles. The molecule has 0 aliphatic carbocycles. The number of hydrogen-bond acceptors (Lipinski definition) is 7. The van der Waals surface area contributed by atoms with Crippen LogP contribution >= 0.6 is 0 Å². The van der Waals surface area contributed by atoms with Gasteiger partial charge in [-0.1, -0.05) is 13.3 Å². The standard InChI is InChI=1S/C19H23N2O6.C4H9.Os/c1-20(2)9-8-14-12-21(17-7-6-15(25-3)11-16(14)17)19(24)27-13-26-18(23)5-4-10-22;1-3-4-2;/h6-7,11-12H,4-5,8-9,13H2,1-3H3;1,3-4H2,2H3;/q2*-1;+2. The Kier molecular flexibility index (Phi) is 15.3. The van der Waals surface area contributed by atoms with Crippen molar-refractivity contribution in [2.24, 2.45) is 0 Å². The second-order valence-electron chi connectivity index (χ2n) is 7.00. The maximum atomic E-state index is 12.4. The quantitative estimate of drug-likeness (QED) is 0.227. The number of likely N-dealkylation sites (N-methyl/N-ethyl adjacent to an activating group) is 1. The topological polar surface area (TPSA) is 87.1 Å². The summed E-state index contributed by atoms with van der Waals surface area (Å²) in [4.78, 5) is 35.9. The molecular weight excluding hydrogens is 590 g/mol. The number of rotatable bonds is 10. The molecule has 0 aliphatic heterocycles. The van der Waals surface area contributed by atoms with Crippen LogP contribution in [0.2, 0.25) is 0 Å². The summed E-state index contributed by atoms with van der Waals surface area (Å²) in [6.07, 6.45) is 5.54. The minimum absolute atomic E-state index is 0. The van der Waals surface area contributed by atoms with E-state index in [-0.39, 0.29) is 32.6 Å². The Balaban J connectivity index is 0.00000177. The number of unbranched alkanes of at least 4 members (excludes halogenated alkanes) is 1. The number of nitrogens with zero attached hydrogens (tertiary/aromatic N) is 2. The molecule has 0 radical (unpaired) electrons. The van der Waals surface area contributed by atoms with Crippen molar-refractivity contribution in [2.45, 2.75) is 39.0 Å². The first-order chi connectivity index (χ1) is 14.9. The van der Waals surface area contributed by atoms with Crippen molar-refractivity contribution >= 4 is 29.3 Å². The second-order valence-corrected chi connectivity index (χ2v) is 7.00. The van der Waals surface area contributed by atoms with E-state index in [1.807, 2.05) is 20.2 Å². The fourth-order valence-electron chi connectivity index (χ4n) is 2.54. The molecule has 1 aromatic carbocycles. The van der Waals surface area contributed by atoms with Crippen LogP contribution in [0.25, 0.3) is 10.9 Å². The molecule has 0 spiro atoms. The van der Waals surface area contributed by atoms with E-state index in [0.29, 0.717) is 11.3 Å². The van der Waals surface area contributed by atoms with Gasteiger partial charge in [0.2, 0.25) is 6.79 Å². The molecule has 178 valence electrons. The molecule has 0 N–H and O–H groups in total. The molecular formula is C23H32N2O6Os. The van der Waals surface area contributed by atoms with Gasteiger partial charge in [0, 0.05) is 24.5 Å². The number of carbonyl (C=O) groups excluding carboxylic acids is 3. The number of ether oxygens (including phenoxy) is 3. The smallest absolute Gasteiger partial charge is 0.542 e. The van der Waals surface area contributed by atoms with Crippen molar-refractivity contribution in [3.8, 4) is 5.75 Å². The molecule has 1 aromatic heterocycles. The molecule has 2 aromatic rings. The molecule has 32 heavy (non-hydrogen) atoms. The Hall–Kier alpha value is -2.23. The van der Waals surface area contributed by atoms with E-state index in [2.05, 4.69) is 18.7 Å². The molecule has 0 amide bonds. The first kappa shape index (κ1) is 29.8. The Bertz CT molecular complexity index is 848. The molecule has 0 bridgehead atoms. The largest absolute Gasteiger partial charge is 2.00 e. The number of esters is 1. The normalized spacial score (nSPS) is 10.1. The molecule has 0 fully saturated rings. The van der Waals surface area contributed by atoms with E-state index < -0.39 is 18.9 Å². The third kappa shape index (κ3) is 9.93. The zero-order valence-electron chi connectivity index (χ0n) is 19.2. The number of aromatic nitrogens is 1. The van der Waals surface area contributed by atoms with Gasteiger partial charge in [-0.05, 0) is 44.3 Å². The molecule has 2 rings (SSSR count). The number of hydrogen-bond donors (Lipinski definition) is 0. The molecule has 0 saturated heterocycles. The van der Waals surface area contributed by atoms with Gasteiger partial charge in [0.15, 0.2) is 0 Å². The van der Waals surface area contributed by atoms with Gasteiger partial charge >= 0.3 is 31.9 Å². The van der Waals surface area contributed by atoms with Crippen LogP contribution in [0.15, 0.2) is 24.4 Å². The van der Waals surface area contributed by atoms with E-state index in [4.69, 9.17) is 14.2 Å². The first-order valence-corrected chi connectivity index (χ1v) is 10.2. The van der Waals surface area contributed by atoms with Crippen LogP contribution in [0.5, 0.6) is 5.75 Å². The maximum Gasteiger partial charge on any atom is 2.00 e. The van der Waals surface area contributed by atoms with Crippen molar-refractivity contribution in [1.29, 1.82) is 0 Å². The predicted octanol–water partition coefficient (Wildman–Crippen LogP) is 3.75. The molecule has 8 nitrogen and oxygen atoms in total. The van der Waals surface area contributed by atoms with Crippen molar-refractivity contribution in [2.75, 3.05) is 34.5 Å². The SMILES string of the molecule is COc1ccc2c(c1)c(CCN(C)C)cn2C(=O)OCOC(=O)CC[C-]=O.[CH2-]CCC.[Os+2]. The first-order valence-electron chi connectivity index (χ1n) is 10.2. The van der Waals surface area contributed by atoms with E-state index in [1.165, 1.54) is 11.0 Å². The van der Waals surface area contributed by atoms with Gasteiger partial charge in [0.05, 0.1) is 12.6 Å². The number of methoxy groups -OCH3 is 1. The minimum atomic E-state index is -0.656. The van der Waals surface area contributed by atoms with Crippen molar-refractivity contribution in [1.82, 2.24) is 9.47 Å². The van der Waals surface area contributed by atoms with E-state index in [1.54, 1.807) is 31.7 Å². The Labute approximate surface area is 203 Å². The summed E-state index contributed by atoms with van der Waals surface area (Å²) < 4.78 is 16.4. The van der Waals surface area contributed by atoms with Gasteiger partial charge in [0.1, 0.15) is 5.75 Å². The summed E-state index contributed by atoms with van der Waals surface area (Å²) >= 11 is 0. The molecule has 9 heteroatoms. The summed E-state index contributed by atoms with van der Waals surface area (Å²) in [5.74, 6) is 0.0700. The van der Waals surface area contributed by atoms with Crippen LogP contribution in [0.1, 0.15) is 38.2 Å². The van der Waals surface area contributed by atoms with E-state index in [0.717, 1.165) is 30.3 Å². The van der Waals surface area contributed by atoms with Crippen LogP contribution < -0.4 is 4.74 Å². The fourth-order valence-corrected chi connectivity index (χ4v) is 2.54. The van der Waals surface area contributed by atoms with Gasteiger partial charge in [-0.15, -0.1) is 6.42 Å². The third-order valence-electron chi connectivity index (χ3n) is 4.31. The van der Waals surface area contributed by atoms with Gasteiger partial charge < -0.3 is 30.8 Å². The Morgan fingerprint density at radius 2 is 1.91 bits per heavy atom. The Morgan fingerprint density at radius 3 is 2.47 bits per heavy atom. The van der Waals surface area contributed by atoms with Gasteiger partial charge in [-0.3, -0.25) is 15.6 Å².